The lowest BCUT2D eigenvalue weighted by atomic mass is 10.00. The number of aryl methyl sites for hydroxylation is 3. The highest BCUT2D eigenvalue weighted by atomic mass is 35.5. The number of rotatable bonds is 3. The van der Waals surface area contributed by atoms with Crippen LogP contribution in [0.3, 0.4) is 0 Å². The van der Waals surface area contributed by atoms with Crippen LogP contribution in [0.5, 0.6) is 0 Å². The van der Waals surface area contributed by atoms with E-state index in [-0.39, 0.29) is 5.78 Å². The first-order chi connectivity index (χ1) is 9.02. The van der Waals surface area contributed by atoms with Crippen molar-refractivity contribution in [3.63, 3.8) is 0 Å². The Labute approximate surface area is 117 Å². The summed E-state index contributed by atoms with van der Waals surface area (Å²) in [6.45, 7) is 5.69. The lowest BCUT2D eigenvalue weighted by Crippen LogP contribution is -2.09. The van der Waals surface area contributed by atoms with Gasteiger partial charge in [-0.05, 0) is 38.0 Å². The Morgan fingerprint density at radius 3 is 2.58 bits per heavy atom. The van der Waals surface area contributed by atoms with Crippen LogP contribution >= 0.6 is 11.6 Å². The van der Waals surface area contributed by atoms with Crippen LogP contribution in [-0.2, 0) is 6.42 Å². The zero-order valence-corrected chi connectivity index (χ0v) is 12.0. The number of aromatic nitrogens is 2. The van der Waals surface area contributed by atoms with Gasteiger partial charge in [0.2, 0.25) is 0 Å². The van der Waals surface area contributed by atoms with E-state index in [1.165, 1.54) is 0 Å². The summed E-state index contributed by atoms with van der Waals surface area (Å²) in [6, 6.07) is 7.12. The fraction of sp³-hybridized carbons (Fsp3) is 0.267. The van der Waals surface area contributed by atoms with Crippen molar-refractivity contribution in [1.82, 2.24) is 10.2 Å². The first kappa shape index (κ1) is 13.7. The molecule has 1 heterocycles. The number of halogens is 1. The Kier molecular flexibility index (Phi) is 3.96. The van der Waals surface area contributed by atoms with E-state index in [1.54, 1.807) is 18.2 Å². The molecule has 0 bridgehead atoms. The molecule has 0 aliphatic rings. The van der Waals surface area contributed by atoms with Crippen molar-refractivity contribution in [3.05, 3.63) is 57.4 Å². The first-order valence-corrected chi connectivity index (χ1v) is 6.54. The van der Waals surface area contributed by atoms with E-state index in [0.717, 1.165) is 11.3 Å². The maximum absolute atomic E-state index is 12.5. The molecule has 4 heteroatoms. The van der Waals surface area contributed by atoms with Crippen LogP contribution in [0.15, 0.2) is 24.3 Å². The molecule has 2 aromatic rings. The van der Waals surface area contributed by atoms with Crippen LogP contribution in [0.4, 0.5) is 0 Å². The average Bonchev–Trinajstić information content (AvgIpc) is 2.41. The van der Waals surface area contributed by atoms with Crippen LogP contribution in [0.2, 0.25) is 5.02 Å². The van der Waals surface area contributed by atoms with Crippen molar-refractivity contribution < 1.29 is 4.79 Å². The fourth-order valence-electron chi connectivity index (χ4n) is 1.86. The highest BCUT2D eigenvalue weighted by Gasteiger charge is 2.15. The number of hydrogen-bond acceptors (Lipinski definition) is 3. The third-order valence-corrected chi connectivity index (χ3v) is 3.41. The number of benzene rings is 1. The summed E-state index contributed by atoms with van der Waals surface area (Å²) >= 11 is 6.07. The highest BCUT2D eigenvalue weighted by Crippen LogP contribution is 2.20. The molecule has 2 rings (SSSR count). The lowest BCUT2D eigenvalue weighted by Gasteiger charge is -2.07. The zero-order chi connectivity index (χ0) is 14.0. The second kappa shape index (κ2) is 5.49. The topological polar surface area (TPSA) is 42.9 Å². The van der Waals surface area contributed by atoms with Gasteiger partial charge in [0.25, 0.3) is 0 Å². The molecule has 0 aliphatic heterocycles. The second-order valence-corrected chi connectivity index (χ2v) is 4.90. The number of ketones is 1. The quantitative estimate of drug-likeness (QED) is 0.804. The summed E-state index contributed by atoms with van der Waals surface area (Å²) in [5, 5.41) is 8.67. The Hall–Kier alpha value is -1.74. The molecule has 0 unspecified atom stereocenters. The first-order valence-electron chi connectivity index (χ1n) is 6.17. The molecule has 0 saturated heterocycles. The van der Waals surface area contributed by atoms with Gasteiger partial charge in [-0.15, -0.1) is 0 Å². The van der Waals surface area contributed by atoms with Gasteiger partial charge in [-0.1, -0.05) is 30.7 Å². The molecule has 0 fully saturated rings. The standard InChI is InChI=1S/C15H15ClN2O/c1-4-14-12(7-10(3)17-18-14)15(19)11-6-5-9(2)13(16)8-11/h5-8H,4H2,1-3H3. The summed E-state index contributed by atoms with van der Waals surface area (Å²) in [5.74, 6) is -0.0586. The summed E-state index contributed by atoms with van der Waals surface area (Å²) in [6.07, 6.45) is 0.675. The lowest BCUT2D eigenvalue weighted by molar-refractivity contribution is 0.103. The molecule has 98 valence electrons. The molecule has 1 aromatic heterocycles. The Balaban J connectivity index is 2.49. The Morgan fingerprint density at radius 2 is 1.95 bits per heavy atom. The summed E-state index contributed by atoms with van der Waals surface area (Å²) < 4.78 is 0. The Bertz CT molecular complexity index is 638. The van der Waals surface area contributed by atoms with Crippen LogP contribution < -0.4 is 0 Å². The smallest absolute Gasteiger partial charge is 0.195 e. The normalized spacial score (nSPS) is 10.5. The molecular weight excluding hydrogens is 260 g/mol. The molecule has 0 atom stereocenters. The molecule has 0 radical (unpaired) electrons. The third-order valence-electron chi connectivity index (χ3n) is 3.01. The molecule has 0 amide bonds. The molecule has 3 nitrogen and oxygen atoms in total. The van der Waals surface area contributed by atoms with E-state index < -0.39 is 0 Å². The monoisotopic (exact) mass is 274 g/mol. The van der Waals surface area contributed by atoms with Crippen molar-refractivity contribution in [1.29, 1.82) is 0 Å². The molecule has 1 aromatic carbocycles. The molecule has 0 spiro atoms. The van der Waals surface area contributed by atoms with Crippen LogP contribution in [0.1, 0.15) is 39.8 Å². The maximum atomic E-state index is 12.5. The van der Waals surface area contributed by atoms with Crippen molar-refractivity contribution in [2.24, 2.45) is 0 Å². The molecule has 19 heavy (non-hydrogen) atoms. The van der Waals surface area contributed by atoms with Gasteiger partial charge in [0, 0.05) is 16.1 Å². The van der Waals surface area contributed by atoms with Gasteiger partial charge in [-0.2, -0.15) is 10.2 Å². The van der Waals surface area contributed by atoms with Crippen molar-refractivity contribution in [3.8, 4) is 0 Å². The van der Waals surface area contributed by atoms with Crippen molar-refractivity contribution >= 4 is 17.4 Å². The minimum absolute atomic E-state index is 0.0586. The SMILES string of the molecule is CCc1nnc(C)cc1C(=O)c1ccc(C)c(Cl)c1. The minimum Gasteiger partial charge on any atom is -0.289 e. The summed E-state index contributed by atoms with van der Waals surface area (Å²) in [7, 11) is 0. The minimum atomic E-state index is -0.0586. The van der Waals surface area contributed by atoms with Gasteiger partial charge < -0.3 is 0 Å². The predicted octanol–water partition coefficient (Wildman–Crippen LogP) is 3.54. The highest BCUT2D eigenvalue weighted by molar-refractivity contribution is 6.31. The van der Waals surface area contributed by atoms with E-state index in [4.69, 9.17) is 11.6 Å². The van der Waals surface area contributed by atoms with Crippen LogP contribution in [0, 0.1) is 13.8 Å². The number of carbonyl (C=O) groups excluding carboxylic acids is 1. The van der Waals surface area contributed by atoms with E-state index in [2.05, 4.69) is 10.2 Å². The predicted molar refractivity (Wildman–Crippen MR) is 75.8 cm³/mol. The van der Waals surface area contributed by atoms with Gasteiger partial charge in [0.05, 0.1) is 11.4 Å². The summed E-state index contributed by atoms with van der Waals surface area (Å²) in [4.78, 5) is 12.5. The zero-order valence-electron chi connectivity index (χ0n) is 11.2. The molecule has 0 saturated carbocycles. The Morgan fingerprint density at radius 1 is 1.21 bits per heavy atom. The van der Waals surface area contributed by atoms with Gasteiger partial charge in [-0.25, -0.2) is 0 Å². The molecule has 0 aliphatic carbocycles. The fourth-order valence-corrected chi connectivity index (χ4v) is 2.04. The van der Waals surface area contributed by atoms with Crippen LogP contribution in [-0.4, -0.2) is 16.0 Å². The number of carbonyl (C=O) groups is 1. The largest absolute Gasteiger partial charge is 0.289 e. The number of nitrogens with zero attached hydrogens (tertiary/aromatic N) is 2. The van der Waals surface area contributed by atoms with Gasteiger partial charge in [0.1, 0.15) is 0 Å². The van der Waals surface area contributed by atoms with E-state index in [0.29, 0.717) is 28.3 Å². The van der Waals surface area contributed by atoms with E-state index >= 15 is 0 Å². The molecular formula is C15H15ClN2O. The average molecular weight is 275 g/mol. The maximum Gasteiger partial charge on any atom is 0.195 e. The second-order valence-electron chi connectivity index (χ2n) is 4.49. The molecule has 0 N–H and O–H groups in total. The van der Waals surface area contributed by atoms with E-state index in [9.17, 15) is 4.79 Å². The van der Waals surface area contributed by atoms with Crippen LogP contribution in [0.25, 0.3) is 0 Å². The third kappa shape index (κ3) is 2.82. The van der Waals surface area contributed by atoms with Crippen molar-refractivity contribution in [2.75, 3.05) is 0 Å². The van der Waals surface area contributed by atoms with Gasteiger partial charge in [-0.3, -0.25) is 4.79 Å². The van der Waals surface area contributed by atoms with Crippen molar-refractivity contribution in [2.45, 2.75) is 27.2 Å². The number of hydrogen-bond donors (Lipinski definition) is 0. The van der Waals surface area contributed by atoms with E-state index in [1.807, 2.05) is 26.8 Å². The van der Waals surface area contributed by atoms with Gasteiger partial charge >= 0.3 is 0 Å². The van der Waals surface area contributed by atoms with Gasteiger partial charge in [0.15, 0.2) is 5.78 Å². The summed E-state index contributed by atoms with van der Waals surface area (Å²) in [5.41, 5.74) is 3.59.